The zero-order valence-electron chi connectivity index (χ0n) is 18.6. The molecule has 0 bridgehead atoms. The Morgan fingerprint density at radius 2 is 1.32 bits per heavy atom. The van der Waals surface area contributed by atoms with E-state index in [9.17, 15) is 0 Å². The lowest BCUT2D eigenvalue weighted by atomic mass is 9.94. The molecule has 0 heteroatoms. The van der Waals surface area contributed by atoms with Gasteiger partial charge in [-0.2, -0.15) is 0 Å². The first kappa shape index (κ1) is 21.0. The standard InChI is InChI=1S/C31H30/c1-3-5-10-30-23-26(17-20-31(30)27-11-7-6-8-12-27)14-13-25-16-19-28-21-24(9-4-2)15-18-29(28)22-25/h6-8,11-12,15-23H,3-5,9-10H2,1-2H3. The first-order valence-corrected chi connectivity index (χ1v) is 11.5. The molecule has 154 valence electrons. The quantitative estimate of drug-likeness (QED) is 0.285. The lowest BCUT2D eigenvalue weighted by Crippen LogP contribution is -1.92. The van der Waals surface area contributed by atoms with E-state index in [0.717, 1.165) is 24.0 Å². The Hall–Kier alpha value is -3.30. The Bertz CT molecular complexity index is 1220. The molecule has 0 fully saturated rings. The van der Waals surface area contributed by atoms with Gasteiger partial charge in [0.2, 0.25) is 0 Å². The summed E-state index contributed by atoms with van der Waals surface area (Å²) in [4.78, 5) is 0. The third-order valence-electron chi connectivity index (χ3n) is 5.78. The highest BCUT2D eigenvalue weighted by Gasteiger charge is 2.06. The van der Waals surface area contributed by atoms with Gasteiger partial charge in [-0.15, -0.1) is 0 Å². The number of fused-ring (bicyclic) bond motifs is 1. The van der Waals surface area contributed by atoms with Crippen molar-refractivity contribution in [3.63, 3.8) is 0 Å². The molecule has 0 heterocycles. The molecule has 4 aromatic carbocycles. The molecule has 4 aromatic rings. The molecule has 0 saturated heterocycles. The molecule has 0 amide bonds. The second-order valence-electron chi connectivity index (χ2n) is 8.24. The Morgan fingerprint density at radius 3 is 2.10 bits per heavy atom. The van der Waals surface area contributed by atoms with Gasteiger partial charge in [-0.3, -0.25) is 0 Å². The molecule has 31 heavy (non-hydrogen) atoms. The first-order chi connectivity index (χ1) is 15.3. The zero-order chi connectivity index (χ0) is 21.5. The van der Waals surface area contributed by atoms with Crippen LogP contribution in [0.1, 0.15) is 55.4 Å². The van der Waals surface area contributed by atoms with Crippen molar-refractivity contribution >= 4 is 10.8 Å². The van der Waals surface area contributed by atoms with Gasteiger partial charge in [0, 0.05) is 11.1 Å². The molecular formula is C31H30. The monoisotopic (exact) mass is 402 g/mol. The van der Waals surface area contributed by atoms with Crippen LogP contribution in [0.2, 0.25) is 0 Å². The van der Waals surface area contributed by atoms with E-state index in [1.54, 1.807) is 0 Å². The molecule has 0 aliphatic heterocycles. The van der Waals surface area contributed by atoms with Gasteiger partial charge in [0.1, 0.15) is 0 Å². The predicted octanol–water partition coefficient (Wildman–Crippen LogP) is 8.20. The SMILES string of the molecule is CCCCc1cc(C#Cc2ccc3cc(CCC)ccc3c2)ccc1-c1ccccc1. The molecule has 0 N–H and O–H groups in total. The van der Waals surface area contributed by atoms with E-state index in [4.69, 9.17) is 0 Å². The first-order valence-electron chi connectivity index (χ1n) is 11.5. The van der Waals surface area contributed by atoms with Crippen molar-refractivity contribution in [2.24, 2.45) is 0 Å². The van der Waals surface area contributed by atoms with E-state index >= 15 is 0 Å². The van der Waals surface area contributed by atoms with Crippen molar-refractivity contribution in [1.29, 1.82) is 0 Å². The Kier molecular flexibility index (Phi) is 6.85. The highest BCUT2D eigenvalue weighted by molar-refractivity contribution is 5.84. The van der Waals surface area contributed by atoms with Gasteiger partial charge in [0.05, 0.1) is 0 Å². The second-order valence-corrected chi connectivity index (χ2v) is 8.24. The minimum atomic E-state index is 1.07. The molecule has 0 unspecified atom stereocenters. The van der Waals surface area contributed by atoms with Crippen molar-refractivity contribution in [1.82, 2.24) is 0 Å². The molecule has 0 aliphatic carbocycles. The van der Waals surface area contributed by atoms with E-state index in [1.807, 2.05) is 0 Å². The summed E-state index contributed by atoms with van der Waals surface area (Å²) in [6, 6.07) is 30.7. The Balaban J connectivity index is 1.63. The van der Waals surface area contributed by atoms with Crippen LogP contribution in [0.4, 0.5) is 0 Å². The van der Waals surface area contributed by atoms with E-state index < -0.39 is 0 Å². The van der Waals surface area contributed by atoms with Crippen LogP contribution in [0.5, 0.6) is 0 Å². The molecule has 0 atom stereocenters. The number of benzene rings is 4. The van der Waals surface area contributed by atoms with Gasteiger partial charge >= 0.3 is 0 Å². The average molecular weight is 403 g/mol. The van der Waals surface area contributed by atoms with E-state index in [-0.39, 0.29) is 0 Å². The lowest BCUT2D eigenvalue weighted by Gasteiger charge is -2.10. The highest BCUT2D eigenvalue weighted by Crippen LogP contribution is 2.26. The number of hydrogen-bond acceptors (Lipinski definition) is 0. The van der Waals surface area contributed by atoms with E-state index in [1.165, 1.54) is 52.3 Å². The second kappa shape index (κ2) is 10.1. The smallest absolute Gasteiger partial charge is 0.0255 e. The fraction of sp³-hybridized carbons (Fsp3) is 0.226. The van der Waals surface area contributed by atoms with E-state index in [2.05, 4.69) is 111 Å². The highest BCUT2D eigenvalue weighted by atomic mass is 14.1. The minimum absolute atomic E-state index is 1.07. The Labute approximate surface area is 187 Å². The van der Waals surface area contributed by atoms with Crippen molar-refractivity contribution in [2.75, 3.05) is 0 Å². The van der Waals surface area contributed by atoms with Gasteiger partial charge in [-0.25, -0.2) is 0 Å². The van der Waals surface area contributed by atoms with Crippen LogP contribution in [0.3, 0.4) is 0 Å². The summed E-state index contributed by atoms with van der Waals surface area (Å²) in [7, 11) is 0. The molecule has 0 aliphatic rings. The number of rotatable bonds is 6. The van der Waals surface area contributed by atoms with Crippen molar-refractivity contribution < 1.29 is 0 Å². The summed E-state index contributed by atoms with van der Waals surface area (Å²) in [5.74, 6) is 6.79. The summed E-state index contributed by atoms with van der Waals surface area (Å²) < 4.78 is 0. The van der Waals surface area contributed by atoms with Gasteiger partial charge < -0.3 is 0 Å². The summed E-state index contributed by atoms with van der Waals surface area (Å²) in [5, 5.41) is 2.56. The van der Waals surface area contributed by atoms with Gasteiger partial charge in [-0.05, 0) is 76.6 Å². The molecule has 4 rings (SSSR count). The fourth-order valence-electron chi connectivity index (χ4n) is 4.11. The largest absolute Gasteiger partial charge is 0.0654 e. The Morgan fingerprint density at radius 1 is 0.613 bits per heavy atom. The molecular weight excluding hydrogens is 372 g/mol. The molecule has 0 nitrogen and oxygen atoms in total. The summed E-state index contributed by atoms with van der Waals surface area (Å²) in [6.07, 6.45) is 5.80. The van der Waals surface area contributed by atoms with Crippen LogP contribution in [0.15, 0.2) is 84.9 Å². The van der Waals surface area contributed by atoms with Crippen molar-refractivity contribution in [2.45, 2.75) is 46.0 Å². The zero-order valence-corrected chi connectivity index (χ0v) is 18.6. The van der Waals surface area contributed by atoms with Crippen LogP contribution < -0.4 is 0 Å². The fourth-order valence-corrected chi connectivity index (χ4v) is 4.11. The third-order valence-corrected chi connectivity index (χ3v) is 5.78. The maximum absolute atomic E-state index is 3.40. The van der Waals surface area contributed by atoms with Gasteiger partial charge in [-0.1, -0.05) is 99.2 Å². The maximum Gasteiger partial charge on any atom is 0.0255 e. The van der Waals surface area contributed by atoms with Crippen LogP contribution in [-0.2, 0) is 12.8 Å². The van der Waals surface area contributed by atoms with Gasteiger partial charge in [0.15, 0.2) is 0 Å². The normalized spacial score (nSPS) is 10.6. The summed E-state index contributed by atoms with van der Waals surface area (Å²) >= 11 is 0. The number of unbranched alkanes of at least 4 members (excludes halogenated alkanes) is 1. The van der Waals surface area contributed by atoms with E-state index in [0.29, 0.717) is 0 Å². The maximum atomic E-state index is 3.40. The molecule has 0 saturated carbocycles. The van der Waals surface area contributed by atoms with Crippen LogP contribution in [0, 0.1) is 11.8 Å². The lowest BCUT2D eigenvalue weighted by molar-refractivity contribution is 0.796. The van der Waals surface area contributed by atoms with Gasteiger partial charge in [0.25, 0.3) is 0 Å². The molecule has 0 radical (unpaired) electrons. The van der Waals surface area contributed by atoms with Crippen LogP contribution >= 0.6 is 0 Å². The number of aryl methyl sites for hydroxylation is 2. The minimum Gasteiger partial charge on any atom is -0.0654 e. The molecule has 0 spiro atoms. The summed E-state index contributed by atoms with van der Waals surface area (Å²) in [5.41, 5.74) is 7.56. The van der Waals surface area contributed by atoms with Crippen molar-refractivity contribution in [3.8, 4) is 23.0 Å². The third kappa shape index (κ3) is 5.25. The average Bonchev–Trinajstić information content (AvgIpc) is 2.82. The van der Waals surface area contributed by atoms with Crippen LogP contribution in [0.25, 0.3) is 21.9 Å². The number of hydrogen-bond donors (Lipinski definition) is 0. The van der Waals surface area contributed by atoms with Crippen molar-refractivity contribution in [3.05, 3.63) is 107 Å². The summed E-state index contributed by atoms with van der Waals surface area (Å²) in [6.45, 7) is 4.47. The predicted molar refractivity (Wildman–Crippen MR) is 134 cm³/mol. The topological polar surface area (TPSA) is 0 Å². The molecule has 0 aromatic heterocycles. The van der Waals surface area contributed by atoms with Crippen LogP contribution in [-0.4, -0.2) is 0 Å².